The number of carbonyl (C=O) groups excluding carboxylic acids is 2. The summed E-state index contributed by atoms with van der Waals surface area (Å²) in [6.07, 6.45) is 0.452. The van der Waals surface area contributed by atoms with Gasteiger partial charge in [0.15, 0.2) is 0 Å². The summed E-state index contributed by atoms with van der Waals surface area (Å²) in [5.41, 5.74) is -0.985. The summed E-state index contributed by atoms with van der Waals surface area (Å²) in [5, 5.41) is 10.1. The van der Waals surface area contributed by atoms with E-state index in [-0.39, 0.29) is 37.5 Å². The molecule has 1 aliphatic heterocycles. The van der Waals surface area contributed by atoms with E-state index < -0.39 is 24.2 Å². The molecule has 0 bridgehead atoms. The van der Waals surface area contributed by atoms with Crippen molar-refractivity contribution in [1.29, 1.82) is 0 Å². The summed E-state index contributed by atoms with van der Waals surface area (Å²) >= 11 is 0. The summed E-state index contributed by atoms with van der Waals surface area (Å²) in [5.74, 6) is -1.03. The molecule has 1 N–H and O–H groups in total. The van der Waals surface area contributed by atoms with Crippen LogP contribution in [0, 0.1) is 0 Å². The first kappa shape index (κ1) is 18.9. The van der Waals surface area contributed by atoms with Crippen LogP contribution in [0.15, 0.2) is 30.7 Å². The highest BCUT2D eigenvalue weighted by molar-refractivity contribution is 5.92. The largest absolute Gasteiger partial charge is 0.405 e. The molecule has 0 saturated carbocycles. The number of piperidine rings is 1. The van der Waals surface area contributed by atoms with Gasteiger partial charge >= 0.3 is 6.18 Å². The molecular formula is C16H19F3N6O2. The Labute approximate surface area is 152 Å². The number of rotatable bonds is 4. The van der Waals surface area contributed by atoms with Gasteiger partial charge in [0.2, 0.25) is 5.91 Å². The number of carbonyl (C=O) groups is 2. The van der Waals surface area contributed by atoms with Crippen molar-refractivity contribution < 1.29 is 22.8 Å². The van der Waals surface area contributed by atoms with Gasteiger partial charge in [-0.25, -0.2) is 0 Å². The molecule has 0 radical (unpaired) electrons. The van der Waals surface area contributed by atoms with Crippen molar-refractivity contribution in [2.75, 3.05) is 19.6 Å². The number of alkyl halides is 3. The number of nitrogens with zero attached hydrogens (tertiary/aromatic N) is 5. The molecule has 2 aromatic heterocycles. The molecule has 1 fully saturated rings. The van der Waals surface area contributed by atoms with Crippen LogP contribution in [0.5, 0.6) is 0 Å². The SMILES string of the molecule is Cn1ccc(C(=O)N2CCC(C(=O)NCC(F)(F)F)(n3cccn3)CC2)n1. The highest BCUT2D eigenvalue weighted by Gasteiger charge is 2.45. The van der Waals surface area contributed by atoms with Crippen molar-refractivity contribution in [3.8, 4) is 0 Å². The van der Waals surface area contributed by atoms with Crippen molar-refractivity contribution in [2.24, 2.45) is 7.05 Å². The predicted molar refractivity (Wildman–Crippen MR) is 87.6 cm³/mol. The van der Waals surface area contributed by atoms with Gasteiger partial charge in [-0.2, -0.15) is 23.4 Å². The first-order valence-electron chi connectivity index (χ1n) is 8.35. The number of nitrogens with one attached hydrogen (secondary N) is 1. The molecule has 27 heavy (non-hydrogen) atoms. The van der Waals surface area contributed by atoms with Gasteiger partial charge in [-0.1, -0.05) is 0 Å². The van der Waals surface area contributed by atoms with Crippen molar-refractivity contribution in [2.45, 2.75) is 24.6 Å². The van der Waals surface area contributed by atoms with Gasteiger partial charge in [-0.3, -0.25) is 19.0 Å². The van der Waals surface area contributed by atoms with E-state index in [0.29, 0.717) is 0 Å². The van der Waals surface area contributed by atoms with Crippen molar-refractivity contribution in [1.82, 2.24) is 29.8 Å². The van der Waals surface area contributed by atoms with Crippen LogP contribution < -0.4 is 5.32 Å². The lowest BCUT2D eigenvalue weighted by Gasteiger charge is -2.40. The monoisotopic (exact) mass is 384 g/mol. The lowest BCUT2D eigenvalue weighted by atomic mass is 9.86. The zero-order valence-electron chi connectivity index (χ0n) is 14.6. The van der Waals surface area contributed by atoms with Gasteiger partial charge in [-0.15, -0.1) is 0 Å². The molecule has 0 aliphatic carbocycles. The summed E-state index contributed by atoms with van der Waals surface area (Å²) in [6.45, 7) is -1.01. The van der Waals surface area contributed by atoms with Gasteiger partial charge in [0.05, 0.1) is 0 Å². The number of hydrogen-bond donors (Lipinski definition) is 1. The molecule has 3 heterocycles. The fourth-order valence-electron chi connectivity index (χ4n) is 3.20. The Balaban J connectivity index is 1.75. The first-order valence-corrected chi connectivity index (χ1v) is 8.35. The molecule has 146 valence electrons. The molecule has 1 saturated heterocycles. The fourth-order valence-corrected chi connectivity index (χ4v) is 3.20. The van der Waals surface area contributed by atoms with Crippen LogP contribution in [-0.2, 0) is 17.4 Å². The molecule has 8 nitrogen and oxygen atoms in total. The summed E-state index contributed by atoms with van der Waals surface area (Å²) in [6, 6.07) is 3.19. The van der Waals surface area contributed by atoms with Gasteiger partial charge in [-0.05, 0) is 25.0 Å². The van der Waals surface area contributed by atoms with E-state index in [4.69, 9.17) is 0 Å². The minimum Gasteiger partial charge on any atom is -0.345 e. The number of halogens is 3. The molecule has 0 unspecified atom stereocenters. The normalized spacial score (nSPS) is 17.0. The second-order valence-electron chi connectivity index (χ2n) is 6.45. The highest BCUT2D eigenvalue weighted by atomic mass is 19.4. The van der Waals surface area contributed by atoms with E-state index in [1.807, 2.05) is 5.32 Å². The van der Waals surface area contributed by atoms with Gasteiger partial charge in [0, 0.05) is 38.7 Å². The number of likely N-dealkylation sites (tertiary alicyclic amines) is 1. The second-order valence-corrected chi connectivity index (χ2v) is 6.45. The average Bonchev–Trinajstić information content (AvgIpc) is 3.30. The van der Waals surface area contributed by atoms with Crippen LogP contribution in [-0.4, -0.2) is 62.1 Å². The van der Waals surface area contributed by atoms with Crippen molar-refractivity contribution in [3.05, 3.63) is 36.4 Å². The summed E-state index contributed by atoms with van der Waals surface area (Å²) in [4.78, 5) is 26.7. The Morgan fingerprint density at radius 1 is 1.26 bits per heavy atom. The van der Waals surface area contributed by atoms with Crippen LogP contribution in [0.4, 0.5) is 13.2 Å². The average molecular weight is 384 g/mol. The lowest BCUT2D eigenvalue weighted by Crippen LogP contribution is -2.57. The molecule has 0 spiro atoms. The number of aromatic nitrogens is 4. The molecule has 2 aromatic rings. The third-order valence-corrected chi connectivity index (χ3v) is 4.63. The van der Waals surface area contributed by atoms with Crippen LogP contribution in [0.25, 0.3) is 0 Å². The highest BCUT2D eigenvalue weighted by Crippen LogP contribution is 2.31. The Kier molecular flexibility index (Phi) is 4.94. The Hall–Kier alpha value is -2.85. The Bertz CT molecular complexity index is 806. The van der Waals surface area contributed by atoms with E-state index in [0.717, 1.165) is 0 Å². The van der Waals surface area contributed by atoms with E-state index in [1.54, 1.807) is 36.5 Å². The van der Waals surface area contributed by atoms with E-state index >= 15 is 0 Å². The van der Waals surface area contributed by atoms with Crippen LogP contribution in [0.2, 0.25) is 0 Å². The fraction of sp³-hybridized carbons (Fsp3) is 0.500. The third kappa shape index (κ3) is 3.96. The minimum absolute atomic E-state index is 0.150. The molecular weight excluding hydrogens is 365 g/mol. The quantitative estimate of drug-likeness (QED) is 0.850. The van der Waals surface area contributed by atoms with Crippen molar-refractivity contribution in [3.63, 3.8) is 0 Å². The lowest BCUT2D eigenvalue weighted by molar-refractivity contribution is -0.146. The van der Waals surface area contributed by atoms with E-state index in [1.165, 1.54) is 15.6 Å². The topological polar surface area (TPSA) is 85.0 Å². The maximum atomic E-state index is 12.6. The number of hydrogen-bond acceptors (Lipinski definition) is 4. The zero-order chi connectivity index (χ0) is 19.7. The maximum absolute atomic E-state index is 12.6. The van der Waals surface area contributed by atoms with Crippen molar-refractivity contribution >= 4 is 11.8 Å². The Morgan fingerprint density at radius 3 is 2.48 bits per heavy atom. The maximum Gasteiger partial charge on any atom is 0.405 e. The molecule has 3 rings (SSSR count). The minimum atomic E-state index is -4.50. The van der Waals surface area contributed by atoms with Gasteiger partial charge in [0.25, 0.3) is 5.91 Å². The van der Waals surface area contributed by atoms with Crippen LogP contribution in [0.3, 0.4) is 0 Å². The summed E-state index contributed by atoms with van der Waals surface area (Å²) < 4.78 is 40.4. The number of aryl methyl sites for hydroxylation is 1. The van der Waals surface area contributed by atoms with E-state index in [9.17, 15) is 22.8 Å². The zero-order valence-corrected chi connectivity index (χ0v) is 14.6. The predicted octanol–water partition coefficient (Wildman–Crippen LogP) is 0.927. The molecule has 0 aromatic carbocycles. The third-order valence-electron chi connectivity index (χ3n) is 4.63. The summed E-state index contributed by atoms with van der Waals surface area (Å²) in [7, 11) is 1.70. The van der Waals surface area contributed by atoms with Gasteiger partial charge in [0.1, 0.15) is 17.8 Å². The molecule has 2 amide bonds. The molecule has 11 heteroatoms. The smallest absolute Gasteiger partial charge is 0.345 e. The standard InChI is InChI=1S/C16H19F3N6O2/c1-23-8-3-12(22-23)13(26)24-9-4-15(5-10-24,25-7-2-6-21-25)14(27)20-11-16(17,18)19/h2-3,6-8H,4-5,9-11H2,1H3,(H,20,27). The Morgan fingerprint density at radius 2 is 1.96 bits per heavy atom. The van der Waals surface area contributed by atoms with E-state index in [2.05, 4.69) is 10.2 Å². The second kappa shape index (κ2) is 7.05. The molecule has 1 aliphatic rings. The first-order chi connectivity index (χ1) is 12.7. The molecule has 0 atom stereocenters. The van der Waals surface area contributed by atoms with Crippen LogP contribution >= 0.6 is 0 Å². The van der Waals surface area contributed by atoms with Crippen LogP contribution in [0.1, 0.15) is 23.3 Å². The van der Waals surface area contributed by atoms with Gasteiger partial charge < -0.3 is 10.2 Å². The number of amides is 2.